The van der Waals surface area contributed by atoms with Crippen LogP contribution in [0, 0.1) is 25.2 Å². The summed E-state index contributed by atoms with van der Waals surface area (Å²) in [6.07, 6.45) is 5.94. The molecule has 0 aliphatic heterocycles. The number of aliphatic hydroxyl groups is 1. The molecular weight excluding hydrogens is 260 g/mol. The minimum absolute atomic E-state index is 0.471. The summed E-state index contributed by atoms with van der Waals surface area (Å²) in [5.41, 5.74) is 1.61. The second kappa shape index (κ2) is 6.23. The molecule has 0 bridgehead atoms. The van der Waals surface area contributed by atoms with Crippen molar-refractivity contribution in [2.75, 3.05) is 6.26 Å². The molecule has 0 amide bonds. The highest BCUT2D eigenvalue weighted by Gasteiger charge is 2.34. The van der Waals surface area contributed by atoms with Crippen molar-refractivity contribution in [3.63, 3.8) is 0 Å². The van der Waals surface area contributed by atoms with E-state index in [2.05, 4.69) is 5.92 Å². The van der Waals surface area contributed by atoms with Crippen LogP contribution < -0.4 is 0 Å². The van der Waals surface area contributed by atoms with Crippen LogP contribution >= 0.6 is 0 Å². The first kappa shape index (κ1) is 15.7. The SMILES string of the molecule is C#CC(CC)C(O)C(c1ccc(C)cc1)S(C)(=O)=O. The van der Waals surface area contributed by atoms with Crippen molar-refractivity contribution in [1.29, 1.82) is 0 Å². The van der Waals surface area contributed by atoms with Crippen LogP contribution in [0.4, 0.5) is 0 Å². The van der Waals surface area contributed by atoms with Crippen molar-refractivity contribution in [2.45, 2.75) is 31.6 Å². The third-order valence-electron chi connectivity index (χ3n) is 3.24. The topological polar surface area (TPSA) is 54.4 Å². The van der Waals surface area contributed by atoms with Crippen LogP contribution in [0.3, 0.4) is 0 Å². The summed E-state index contributed by atoms with van der Waals surface area (Å²) in [6, 6.07) is 7.12. The minimum atomic E-state index is -3.44. The molecule has 0 saturated carbocycles. The van der Waals surface area contributed by atoms with Crippen molar-refractivity contribution in [2.24, 2.45) is 5.92 Å². The van der Waals surface area contributed by atoms with Gasteiger partial charge in [0.25, 0.3) is 0 Å². The van der Waals surface area contributed by atoms with Crippen LogP contribution in [0.15, 0.2) is 24.3 Å². The minimum Gasteiger partial charge on any atom is -0.390 e. The molecule has 3 atom stereocenters. The molecule has 0 heterocycles. The van der Waals surface area contributed by atoms with Gasteiger partial charge in [-0.2, -0.15) is 0 Å². The lowest BCUT2D eigenvalue weighted by molar-refractivity contribution is 0.126. The van der Waals surface area contributed by atoms with E-state index in [1.165, 1.54) is 0 Å². The maximum atomic E-state index is 12.0. The second-order valence-electron chi connectivity index (χ2n) is 4.83. The number of hydrogen-bond acceptors (Lipinski definition) is 3. The van der Waals surface area contributed by atoms with Crippen molar-refractivity contribution < 1.29 is 13.5 Å². The third kappa shape index (κ3) is 3.82. The molecule has 3 unspecified atom stereocenters. The normalized spacial score (nSPS) is 16.4. The van der Waals surface area contributed by atoms with E-state index in [0.29, 0.717) is 12.0 Å². The highest BCUT2D eigenvalue weighted by atomic mass is 32.2. The van der Waals surface area contributed by atoms with Gasteiger partial charge in [0, 0.05) is 12.2 Å². The number of terminal acetylenes is 1. The molecule has 1 rings (SSSR count). The number of aliphatic hydroxyl groups excluding tert-OH is 1. The van der Waals surface area contributed by atoms with Crippen molar-refractivity contribution >= 4 is 9.84 Å². The van der Waals surface area contributed by atoms with Crippen LogP contribution in [-0.4, -0.2) is 25.9 Å². The van der Waals surface area contributed by atoms with E-state index in [1.807, 2.05) is 26.0 Å². The van der Waals surface area contributed by atoms with Gasteiger partial charge >= 0.3 is 0 Å². The Balaban J connectivity index is 3.24. The molecule has 0 saturated heterocycles. The third-order valence-corrected chi connectivity index (χ3v) is 4.72. The maximum Gasteiger partial charge on any atom is 0.157 e. The quantitative estimate of drug-likeness (QED) is 0.840. The zero-order chi connectivity index (χ0) is 14.6. The van der Waals surface area contributed by atoms with Crippen LogP contribution in [0.2, 0.25) is 0 Å². The van der Waals surface area contributed by atoms with Gasteiger partial charge in [0.1, 0.15) is 5.25 Å². The van der Waals surface area contributed by atoms with Gasteiger partial charge in [0.05, 0.1) is 6.10 Å². The molecule has 0 spiro atoms. The Kier molecular flexibility index (Phi) is 5.16. The van der Waals surface area contributed by atoms with E-state index in [4.69, 9.17) is 6.42 Å². The van der Waals surface area contributed by atoms with Crippen LogP contribution in [-0.2, 0) is 9.84 Å². The molecule has 4 heteroatoms. The van der Waals surface area contributed by atoms with Crippen molar-refractivity contribution in [3.05, 3.63) is 35.4 Å². The predicted octanol–water partition coefficient (Wildman–Crippen LogP) is 2.10. The summed E-state index contributed by atoms with van der Waals surface area (Å²) in [4.78, 5) is 0. The molecule has 1 N–H and O–H groups in total. The van der Waals surface area contributed by atoms with E-state index in [9.17, 15) is 13.5 Å². The number of benzene rings is 1. The molecule has 0 radical (unpaired) electrons. The number of hydrogen-bond donors (Lipinski definition) is 1. The fourth-order valence-corrected chi connectivity index (χ4v) is 3.47. The van der Waals surface area contributed by atoms with Crippen molar-refractivity contribution in [1.82, 2.24) is 0 Å². The van der Waals surface area contributed by atoms with Gasteiger partial charge in [-0.05, 0) is 18.9 Å². The smallest absolute Gasteiger partial charge is 0.157 e. The Hall–Kier alpha value is -1.31. The molecule has 0 aromatic heterocycles. The highest BCUT2D eigenvalue weighted by Crippen LogP contribution is 2.30. The average molecular weight is 280 g/mol. The largest absolute Gasteiger partial charge is 0.390 e. The lowest BCUT2D eigenvalue weighted by atomic mass is 9.94. The molecule has 0 aliphatic rings. The Morgan fingerprint density at radius 2 is 1.84 bits per heavy atom. The number of aryl methyl sites for hydroxylation is 1. The molecule has 0 fully saturated rings. The van der Waals surface area contributed by atoms with E-state index in [0.717, 1.165) is 11.8 Å². The Morgan fingerprint density at radius 3 is 2.21 bits per heavy atom. The molecule has 1 aromatic carbocycles. The lowest BCUT2D eigenvalue weighted by Gasteiger charge is -2.25. The average Bonchev–Trinajstić information content (AvgIpc) is 2.32. The van der Waals surface area contributed by atoms with Gasteiger partial charge in [-0.15, -0.1) is 12.3 Å². The van der Waals surface area contributed by atoms with E-state index >= 15 is 0 Å². The fourth-order valence-electron chi connectivity index (χ4n) is 2.12. The molecule has 3 nitrogen and oxygen atoms in total. The van der Waals surface area contributed by atoms with Gasteiger partial charge < -0.3 is 5.11 Å². The Morgan fingerprint density at radius 1 is 1.32 bits per heavy atom. The molecule has 19 heavy (non-hydrogen) atoms. The van der Waals surface area contributed by atoms with Crippen LogP contribution in [0.25, 0.3) is 0 Å². The first-order chi connectivity index (χ1) is 8.81. The van der Waals surface area contributed by atoms with Crippen LogP contribution in [0.5, 0.6) is 0 Å². The fraction of sp³-hybridized carbons (Fsp3) is 0.467. The highest BCUT2D eigenvalue weighted by molar-refractivity contribution is 7.91. The van der Waals surface area contributed by atoms with Gasteiger partial charge in [-0.1, -0.05) is 36.8 Å². The summed E-state index contributed by atoms with van der Waals surface area (Å²) >= 11 is 0. The monoisotopic (exact) mass is 280 g/mol. The Labute approximate surface area is 115 Å². The van der Waals surface area contributed by atoms with Gasteiger partial charge in [0.2, 0.25) is 0 Å². The summed E-state index contributed by atoms with van der Waals surface area (Å²) in [6.45, 7) is 3.76. The summed E-state index contributed by atoms with van der Waals surface area (Å²) in [7, 11) is -3.44. The van der Waals surface area contributed by atoms with Crippen LogP contribution in [0.1, 0.15) is 29.7 Å². The number of rotatable bonds is 5. The first-order valence-corrected chi connectivity index (χ1v) is 8.16. The van der Waals surface area contributed by atoms with E-state index in [-0.39, 0.29) is 0 Å². The summed E-state index contributed by atoms with van der Waals surface area (Å²) in [5, 5.41) is 9.33. The predicted molar refractivity (Wildman–Crippen MR) is 77.4 cm³/mol. The zero-order valence-electron chi connectivity index (χ0n) is 11.5. The van der Waals surface area contributed by atoms with Gasteiger partial charge in [-0.3, -0.25) is 0 Å². The molecular formula is C15H20O3S. The zero-order valence-corrected chi connectivity index (χ0v) is 12.3. The number of sulfone groups is 1. The Bertz CT molecular complexity index is 552. The summed E-state index contributed by atoms with van der Waals surface area (Å²) < 4.78 is 23.9. The standard InChI is InChI=1S/C15H20O3S/c1-5-12(6-2)14(16)15(19(4,17)18)13-9-7-11(3)8-10-13/h1,7-10,12,14-16H,6H2,2-4H3. The summed E-state index contributed by atoms with van der Waals surface area (Å²) in [5.74, 6) is 2.00. The second-order valence-corrected chi connectivity index (χ2v) is 7.00. The van der Waals surface area contributed by atoms with E-state index in [1.54, 1.807) is 12.1 Å². The molecule has 1 aromatic rings. The lowest BCUT2D eigenvalue weighted by Crippen LogP contribution is -2.31. The molecule has 0 aliphatic carbocycles. The van der Waals surface area contributed by atoms with Gasteiger partial charge in [-0.25, -0.2) is 8.42 Å². The maximum absolute atomic E-state index is 12.0. The first-order valence-electron chi connectivity index (χ1n) is 6.20. The van der Waals surface area contributed by atoms with Gasteiger partial charge in [0.15, 0.2) is 9.84 Å². The molecule has 104 valence electrons. The van der Waals surface area contributed by atoms with E-state index < -0.39 is 27.1 Å². The van der Waals surface area contributed by atoms with Crippen molar-refractivity contribution in [3.8, 4) is 12.3 Å².